The molecule has 178 valence electrons. The van der Waals surface area contributed by atoms with Crippen molar-refractivity contribution in [2.75, 3.05) is 6.61 Å². The van der Waals surface area contributed by atoms with Crippen LogP contribution in [0.3, 0.4) is 0 Å². The van der Waals surface area contributed by atoms with Crippen LogP contribution in [-0.2, 0) is 10.2 Å². The van der Waals surface area contributed by atoms with E-state index in [9.17, 15) is 19.8 Å². The van der Waals surface area contributed by atoms with Crippen LogP contribution in [-0.4, -0.2) is 38.6 Å². The number of nitrogens with one attached hydrogen (secondary N) is 1. The largest absolute Gasteiger partial charge is 0.394 e. The second kappa shape index (κ2) is 8.23. The van der Waals surface area contributed by atoms with Gasteiger partial charge in [0.05, 0.1) is 12.7 Å². The monoisotopic (exact) mass is 462 g/mol. The van der Waals surface area contributed by atoms with Crippen molar-refractivity contribution in [1.82, 2.24) is 9.55 Å². The van der Waals surface area contributed by atoms with Crippen LogP contribution in [0.2, 0.25) is 0 Å². The summed E-state index contributed by atoms with van der Waals surface area (Å²) in [7, 11) is 0. The summed E-state index contributed by atoms with van der Waals surface area (Å²) < 4.78 is 6.78. The van der Waals surface area contributed by atoms with Gasteiger partial charge in [0.25, 0.3) is 5.56 Å². The Morgan fingerprint density at radius 1 is 1.00 bits per heavy atom. The van der Waals surface area contributed by atoms with Crippen LogP contribution in [0.15, 0.2) is 40.1 Å². The van der Waals surface area contributed by atoms with Crippen molar-refractivity contribution in [1.29, 1.82) is 0 Å². The molecule has 7 rings (SSSR count). The van der Waals surface area contributed by atoms with Crippen molar-refractivity contribution >= 4 is 0 Å². The number of ether oxygens (including phenoxy) is 1. The minimum absolute atomic E-state index is 0.148. The second-order valence-electron chi connectivity index (χ2n) is 10.8. The van der Waals surface area contributed by atoms with Gasteiger partial charge < -0.3 is 14.9 Å². The lowest BCUT2D eigenvalue weighted by molar-refractivity contribution is -0.0459. The molecule has 1 saturated heterocycles. The van der Waals surface area contributed by atoms with Crippen molar-refractivity contribution in [3.63, 3.8) is 0 Å². The molecule has 0 spiro atoms. The molecule has 1 aromatic heterocycles. The maximum absolute atomic E-state index is 12.3. The summed E-state index contributed by atoms with van der Waals surface area (Å²) in [6, 6.07) is 8.50. The van der Waals surface area contributed by atoms with Crippen LogP contribution < -0.4 is 11.2 Å². The number of rotatable bonds is 3. The first-order valence-corrected chi connectivity index (χ1v) is 12.3. The predicted octanol–water partition coefficient (Wildman–Crippen LogP) is 2.04. The molecule has 3 atom stereocenters. The average molecular weight is 463 g/mol. The Bertz CT molecular complexity index is 1230. The number of nitrogens with zero attached hydrogens (tertiary/aromatic N) is 1. The maximum atomic E-state index is 12.3. The summed E-state index contributed by atoms with van der Waals surface area (Å²) in [6.07, 6.45) is 7.33. The third-order valence-corrected chi connectivity index (χ3v) is 8.54. The molecule has 4 aliphatic carbocycles. The van der Waals surface area contributed by atoms with Crippen molar-refractivity contribution in [2.45, 2.75) is 68.8 Å². The topological polar surface area (TPSA) is 105 Å². The fraction of sp³-hybridized carbons (Fsp3) is 0.556. The van der Waals surface area contributed by atoms with E-state index in [0.717, 1.165) is 23.3 Å². The number of hydrogen-bond donors (Lipinski definition) is 3. The van der Waals surface area contributed by atoms with Crippen LogP contribution in [0.25, 0.3) is 0 Å². The van der Waals surface area contributed by atoms with Gasteiger partial charge in [0.2, 0.25) is 0 Å². The van der Waals surface area contributed by atoms with Gasteiger partial charge in [-0.1, -0.05) is 24.0 Å². The van der Waals surface area contributed by atoms with Crippen molar-refractivity contribution in [2.24, 2.45) is 17.8 Å². The lowest BCUT2D eigenvalue weighted by atomic mass is 9.48. The van der Waals surface area contributed by atoms with Crippen LogP contribution in [0.5, 0.6) is 0 Å². The molecule has 7 nitrogen and oxygen atoms in total. The Hall–Kier alpha value is -2.66. The van der Waals surface area contributed by atoms with Gasteiger partial charge in [0.1, 0.15) is 17.9 Å². The quantitative estimate of drug-likeness (QED) is 0.606. The van der Waals surface area contributed by atoms with Gasteiger partial charge in [0, 0.05) is 18.2 Å². The van der Waals surface area contributed by atoms with E-state index in [2.05, 4.69) is 29.0 Å². The van der Waals surface area contributed by atoms with E-state index < -0.39 is 29.7 Å². The molecule has 1 aromatic carbocycles. The van der Waals surface area contributed by atoms with Crippen molar-refractivity contribution in [3.8, 4) is 11.8 Å². The molecule has 2 aromatic rings. The van der Waals surface area contributed by atoms with Gasteiger partial charge >= 0.3 is 5.69 Å². The summed E-state index contributed by atoms with van der Waals surface area (Å²) in [4.78, 5) is 26.9. The van der Waals surface area contributed by atoms with Gasteiger partial charge in [-0.2, -0.15) is 0 Å². The molecule has 3 N–H and O–H groups in total. The highest BCUT2D eigenvalue weighted by molar-refractivity contribution is 5.43. The smallest absolute Gasteiger partial charge is 0.330 e. The molecular formula is C27H30N2O5. The Morgan fingerprint density at radius 2 is 1.65 bits per heavy atom. The number of aromatic nitrogens is 2. The van der Waals surface area contributed by atoms with E-state index in [4.69, 9.17) is 4.74 Å². The number of benzene rings is 1. The molecule has 2 heterocycles. The Labute approximate surface area is 197 Å². The first kappa shape index (κ1) is 21.8. The molecular weight excluding hydrogens is 432 g/mol. The van der Waals surface area contributed by atoms with E-state index in [1.165, 1.54) is 54.9 Å². The minimum Gasteiger partial charge on any atom is -0.394 e. The fourth-order valence-corrected chi connectivity index (χ4v) is 7.35. The van der Waals surface area contributed by atoms with E-state index in [-0.39, 0.29) is 18.6 Å². The molecule has 1 aliphatic heterocycles. The molecule has 4 saturated carbocycles. The molecule has 0 radical (unpaired) electrons. The lowest BCUT2D eigenvalue weighted by Crippen LogP contribution is -2.48. The summed E-state index contributed by atoms with van der Waals surface area (Å²) in [5.74, 6) is 8.63. The molecule has 5 aliphatic rings. The van der Waals surface area contributed by atoms with Crippen LogP contribution in [0.4, 0.5) is 0 Å². The first-order valence-electron chi connectivity index (χ1n) is 12.3. The summed E-state index contributed by atoms with van der Waals surface area (Å²) in [5.41, 5.74) is 1.54. The number of aromatic amines is 1. The SMILES string of the molecule is O=c1[nH]c(=O)n([C@H]2C[C@H](O)[C@@H](CO)O2)cc1C#Cc1ccc(C23CC4CC(CC(C4)C2)C3)cc1. The summed E-state index contributed by atoms with van der Waals surface area (Å²) in [6.45, 7) is -0.346. The molecule has 7 heteroatoms. The molecule has 34 heavy (non-hydrogen) atoms. The van der Waals surface area contributed by atoms with Crippen LogP contribution in [0, 0.1) is 29.6 Å². The average Bonchev–Trinajstić information content (AvgIpc) is 3.18. The summed E-state index contributed by atoms with van der Waals surface area (Å²) in [5, 5.41) is 19.3. The zero-order valence-electron chi connectivity index (χ0n) is 19.1. The number of aliphatic hydroxyl groups excluding tert-OH is 2. The maximum Gasteiger partial charge on any atom is 0.330 e. The normalized spacial score (nSPS) is 35.8. The Balaban J connectivity index is 1.24. The van der Waals surface area contributed by atoms with Crippen LogP contribution >= 0.6 is 0 Å². The van der Waals surface area contributed by atoms with Gasteiger partial charge in [-0.3, -0.25) is 14.3 Å². The highest BCUT2D eigenvalue weighted by Crippen LogP contribution is 2.60. The second-order valence-corrected chi connectivity index (χ2v) is 10.8. The Morgan fingerprint density at radius 3 is 2.24 bits per heavy atom. The van der Waals surface area contributed by atoms with Gasteiger partial charge in [-0.15, -0.1) is 0 Å². The lowest BCUT2D eigenvalue weighted by Gasteiger charge is -2.57. The third kappa shape index (κ3) is 3.74. The number of hydrogen-bond acceptors (Lipinski definition) is 5. The van der Waals surface area contributed by atoms with Gasteiger partial charge in [-0.05, 0) is 79.4 Å². The van der Waals surface area contributed by atoms with Crippen molar-refractivity contribution < 1.29 is 14.9 Å². The molecule has 0 unspecified atom stereocenters. The number of aliphatic hydroxyl groups is 2. The van der Waals surface area contributed by atoms with Crippen molar-refractivity contribution in [3.05, 3.63) is 68.0 Å². The minimum atomic E-state index is -0.879. The van der Waals surface area contributed by atoms with E-state index in [0.29, 0.717) is 5.41 Å². The van der Waals surface area contributed by atoms with E-state index >= 15 is 0 Å². The fourth-order valence-electron chi connectivity index (χ4n) is 7.35. The summed E-state index contributed by atoms with van der Waals surface area (Å²) >= 11 is 0. The van der Waals surface area contributed by atoms with Crippen LogP contribution in [0.1, 0.15) is 67.9 Å². The molecule has 5 fully saturated rings. The predicted molar refractivity (Wildman–Crippen MR) is 125 cm³/mol. The number of H-pyrrole nitrogens is 1. The zero-order chi connectivity index (χ0) is 23.4. The highest BCUT2D eigenvalue weighted by atomic mass is 16.5. The van der Waals surface area contributed by atoms with Gasteiger partial charge in [-0.25, -0.2) is 4.79 Å². The highest BCUT2D eigenvalue weighted by Gasteiger charge is 2.51. The third-order valence-electron chi connectivity index (χ3n) is 8.54. The van der Waals surface area contributed by atoms with E-state index in [1.54, 1.807) is 0 Å². The Kier molecular flexibility index (Phi) is 5.29. The first-order chi connectivity index (χ1) is 16.4. The zero-order valence-corrected chi connectivity index (χ0v) is 19.1. The molecule has 4 bridgehead atoms. The van der Waals surface area contributed by atoms with Gasteiger partial charge in [0.15, 0.2) is 0 Å². The van der Waals surface area contributed by atoms with E-state index in [1.807, 2.05) is 12.1 Å². The molecule has 0 amide bonds. The standard InChI is InChI=1S/C27H30N2O5/c30-15-23-22(31)10-24(34-23)29-14-20(25(32)28-26(29)33)4-1-16-2-5-21(6-3-16)27-11-17-7-18(12-27)9-19(8-17)13-27/h2-3,5-6,14,17-19,22-24,30-31H,7-13,15H2,(H,28,32,33)/t17?,18?,19?,22-,23+,24+,27?/m0/s1.